The fraction of sp³-hybridized carbons (Fsp3) is 0.310. The summed E-state index contributed by atoms with van der Waals surface area (Å²) in [6.07, 6.45) is -6.79. The van der Waals surface area contributed by atoms with Crippen molar-refractivity contribution < 1.29 is 40.9 Å². The van der Waals surface area contributed by atoms with Gasteiger partial charge in [0.2, 0.25) is 5.92 Å². The van der Waals surface area contributed by atoms with Gasteiger partial charge in [-0.05, 0) is 54.8 Å². The first-order valence-corrected chi connectivity index (χ1v) is 15.1. The normalized spacial score (nSPS) is 16.3. The molecule has 1 unspecified atom stereocenters. The Balaban J connectivity index is 1.92. The molecular weight excluding hydrogens is 609 g/mol. The largest absolute Gasteiger partial charge is 0.463 e. The zero-order valence-electron chi connectivity index (χ0n) is 23.4. The van der Waals surface area contributed by atoms with Crippen LogP contribution in [0.3, 0.4) is 0 Å². The predicted octanol–water partition coefficient (Wildman–Crippen LogP) is 6.96. The number of hydrogen-bond donors (Lipinski definition) is 2. The molecule has 0 spiro atoms. The predicted molar refractivity (Wildman–Crippen MR) is 152 cm³/mol. The van der Waals surface area contributed by atoms with Crippen molar-refractivity contribution in [3.8, 4) is 17.2 Å². The van der Waals surface area contributed by atoms with Crippen LogP contribution in [-0.4, -0.2) is 51.6 Å². The molecule has 44 heavy (non-hydrogen) atoms. The lowest BCUT2D eigenvalue weighted by Crippen LogP contribution is -2.31. The summed E-state index contributed by atoms with van der Waals surface area (Å²) in [5, 5.41) is 20.6. The molecule has 1 fully saturated rings. The summed E-state index contributed by atoms with van der Waals surface area (Å²) in [6.45, 7) is 0.841. The topological polar surface area (TPSA) is 136 Å². The fourth-order valence-corrected chi connectivity index (χ4v) is 6.02. The number of amides is 2. The molecule has 1 aliphatic rings. The van der Waals surface area contributed by atoms with Crippen LogP contribution in [0.15, 0.2) is 57.8 Å². The van der Waals surface area contributed by atoms with Gasteiger partial charge in [0.1, 0.15) is 5.82 Å². The number of alkyl halides is 5. The quantitative estimate of drug-likeness (QED) is 0.289. The van der Waals surface area contributed by atoms with Crippen molar-refractivity contribution in [1.29, 1.82) is 5.26 Å². The Morgan fingerprint density at radius 1 is 1.14 bits per heavy atom. The maximum atomic E-state index is 14.5. The minimum absolute atomic E-state index is 0.0207. The molecule has 0 aliphatic carbocycles. The van der Waals surface area contributed by atoms with E-state index < -0.39 is 63.7 Å². The molecule has 232 valence electrons. The maximum absolute atomic E-state index is 14.5. The monoisotopic (exact) mass is 635 g/mol. The summed E-state index contributed by atoms with van der Waals surface area (Å²) in [4.78, 5) is 30.0. The average Bonchev–Trinajstić information content (AvgIpc) is 3.11. The van der Waals surface area contributed by atoms with Gasteiger partial charge in [0.05, 0.1) is 26.9 Å². The first kappa shape index (κ1) is 32.3. The van der Waals surface area contributed by atoms with Crippen LogP contribution < -0.4 is 10.2 Å². The van der Waals surface area contributed by atoms with Gasteiger partial charge in [-0.2, -0.15) is 18.4 Å². The Morgan fingerprint density at radius 3 is 2.43 bits per heavy atom. The smallest absolute Gasteiger partial charge is 0.439 e. The van der Waals surface area contributed by atoms with E-state index in [0.29, 0.717) is 0 Å². The highest BCUT2D eigenvalue weighted by molar-refractivity contribution is 7.93. The molecule has 2 aromatic carbocycles. The lowest BCUT2D eigenvalue weighted by atomic mass is 9.93. The first-order chi connectivity index (χ1) is 20.5. The summed E-state index contributed by atoms with van der Waals surface area (Å²) in [7, 11) is -3.42. The number of benzene rings is 2. The number of rotatable bonds is 5. The summed E-state index contributed by atoms with van der Waals surface area (Å²) in [6, 6.07) is 12.4. The van der Waals surface area contributed by atoms with Crippen LogP contribution in [0.1, 0.15) is 46.4 Å². The van der Waals surface area contributed by atoms with Crippen LogP contribution in [0.5, 0.6) is 0 Å². The molecule has 4 rings (SSSR count). The number of nitriles is 1. The van der Waals surface area contributed by atoms with Gasteiger partial charge in [0.15, 0.2) is 5.69 Å². The van der Waals surface area contributed by atoms with Crippen molar-refractivity contribution >= 4 is 33.2 Å². The van der Waals surface area contributed by atoms with E-state index in [0.717, 1.165) is 6.26 Å². The molecule has 1 aromatic heterocycles. The van der Waals surface area contributed by atoms with Crippen LogP contribution in [0, 0.1) is 18.3 Å². The Labute approximate surface area is 249 Å². The van der Waals surface area contributed by atoms with Crippen LogP contribution in [-0.2, 0) is 15.9 Å². The van der Waals surface area contributed by atoms with Crippen molar-refractivity contribution in [1.82, 2.24) is 4.98 Å². The molecule has 15 heteroatoms. The number of anilines is 2. The minimum Gasteiger partial charge on any atom is -0.463 e. The molecule has 2 N–H and O–H groups in total. The number of pyridine rings is 1. The molecule has 1 aliphatic heterocycles. The van der Waals surface area contributed by atoms with Gasteiger partial charge >= 0.3 is 12.3 Å². The number of halogens is 5. The average molecular weight is 636 g/mol. The van der Waals surface area contributed by atoms with Gasteiger partial charge in [0.25, 0.3) is 5.91 Å². The molecule has 0 saturated carbocycles. The van der Waals surface area contributed by atoms with Crippen LogP contribution in [0.25, 0.3) is 11.1 Å². The van der Waals surface area contributed by atoms with Crippen molar-refractivity contribution in [2.75, 3.05) is 29.6 Å². The van der Waals surface area contributed by atoms with Gasteiger partial charge in [-0.1, -0.05) is 18.2 Å². The van der Waals surface area contributed by atoms with Crippen molar-refractivity contribution in [3.63, 3.8) is 0 Å². The number of hydrogen-bond acceptors (Lipinski definition) is 6. The number of carboxylic acid groups (broad SMARTS) is 1. The Bertz CT molecular complexity index is 1780. The molecule has 9 nitrogen and oxygen atoms in total. The van der Waals surface area contributed by atoms with Crippen LogP contribution >= 0.6 is 0 Å². The second-order valence-corrected chi connectivity index (χ2v) is 12.5. The molecule has 0 bridgehead atoms. The van der Waals surface area contributed by atoms with Gasteiger partial charge in [-0.15, -0.1) is 4.36 Å². The van der Waals surface area contributed by atoms with Gasteiger partial charge in [0, 0.05) is 48.3 Å². The lowest BCUT2D eigenvalue weighted by molar-refractivity contribution is -0.140. The number of carbonyl (C=O) groups is 2. The molecule has 3 aromatic rings. The third kappa shape index (κ3) is 7.13. The molecule has 2 heterocycles. The first-order valence-electron chi connectivity index (χ1n) is 13.1. The van der Waals surface area contributed by atoms with Gasteiger partial charge in [-0.25, -0.2) is 22.8 Å². The molecular formula is C29H26F5N5O4S. The Kier molecular flexibility index (Phi) is 8.96. The molecule has 2 amide bonds. The minimum atomic E-state index is -5.00. The summed E-state index contributed by atoms with van der Waals surface area (Å²) in [5.41, 5.74) is -1.97. The lowest BCUT2D eigenvalue weighted by Gasteiger charge is -2.28. The number of aromatic nitrogens is 1. The molecule has 1 atom stereocenters. The third-order valence-corrected chi connectivity index (χ3v) is 8.66. The van der Waals surface area contributed by atoms with E-state index in [1.54, 1.807) is 0 Å². The van der Waals surface area contributed by atoms with Crippen molar-refractivity contribution in [3.05, 3.63) is 70.9 Å². The highest BCUT2D eigenvalue weighted by Crippen LogP contribution is 2.42. The second kappa shape index (κ2) is 12.2. The third-order valence-electron chi connectivity index (χ3n) is 7.03. The standard InChI is InChI=1S/C29H26F5N5O4S/c1-17-22(19-9-7-18(16-35)8-10-19)24(29(32,33)34)37-25(39-13-4-11-28(30,31)12-14-39)23(17)26(40)36-20-5-3-6-21(15-20)44(2,43)38-27(41)42/h3,5-10,15H,4,11-14H2,1-2H3,(H,36,40)(H,41,42). The summed E-state index contributed by atoms with van der Waals surface area (Å²) in [5.74, 6) is -4.41. The van der Waals surface area contributed by atoms with Crippen molar-refractivity contribution in [2.45, 2.75) is 43.2 Å². The van der Waals surface area contributed by atoms with E-state index in [-0.39, 0.29) is 52.3 Å². The molecule has 0 radical (unpaired) electrons. The highest BCUT2D eigenvalue weighted by Gasteiger charge is 2.41. The number of carbonyl (C=O) groups excluding carboxylic acids is 1. The zero-order chi connectivity index (χ0) is 32.4. The van der Waals surface area contributed by atoms with Crippen LogP contribution in [0.2, 0.25) is 0 Å². The zero-order valence-corrected chi connectivity index (χ0v) is 24.2. The molecule has 1 saturated heterocycles. The van der Waals surface area contributed by atoms with E-state index in [9.17, 15) is 35.8 Å². The van der Waals surface area contributed by atoms with E-state index in [1.165, 1.54) is 60.4 Å². The van der Waals surface area contributed by atoms with E-state index in [1.807, 2.05) is 6.07 Å². The second-order valence-electron chi connectivity index (χ2n) is 10.2. The van der Waals surface area contributed by atoms with E-state index in [2.05, 4.69) is 14.7 Å². The fourth-order valence-electron chi connectivity index (χ4n) is 4.94. The van der Waals surface area contributed by atoms with Gasteiger partial charge in [-0.3, -0.25) is 4.79 Å². The van der Waals surface area contributed by atoms with E-state index in [4.69, 9.17) is 10.4 Å². The summed E-state index contributed by atoms with van der Waals surface area (Å²) < 4.78 is 87.9. The number of nitrogens with zero attached hydrogens (tertiary/aromatic N) is 4. The Morgan fingerprint density at radius 2 is 1.82 bits per heavy atom. The number of nitrogens with one attached hydrogen (secondary N) is 1. The highest BCUT2D eigenvalue weighted by atomic mass is 32.2. The van der Waals surface area contributed by atoms with Gasteiger partial charge < -0.3 is 15.3 Å². The van der Waals surface area contributed by atoms with E-state index >= 15 is 0 Å². The van der Waals surface area contributed by atoms with Crippen LogP contribution in [0.4, 0.5) is 38.3 Å². The summed E-state index contributed by atoms with van der Waals surface area (Å²) >= 11 is 0. The maximum Gasteiger partial charge on any atom is 0.439 e. The Hall–Kier alpha value is -4.58. The SMILES string of the molecule is Cc1c(C(=O)Nc2cccc(S(C)(=O)=NC(=O)O)c2)c(N2CCCC(F)(F)CC2)nc(C(F)(F)F)c1-c1ccc(C#N)cc1. The van der Waals surface area contributed by atoms with Crippen molar-refractivity contribution in [2.24, 2.45) is 4.36 Å².